The largest absolute Gasteiger partial charge is 0.380 e. The van der Waals surface area contributed by atoms with E-state index in [0.29, 0.717) is 0 Å². The molecule has 1 unspecified atom stereocenters. The molecule has 3 nitrogen and oxygen atoms in total. The molecule has 0 radical (unpaired) electrons. The van der Waals surface area contributed by atoms with E-state index in [9.17, 15) is 5.11 Å². The van der Waals surface area contributed by atoms with Crippen LogP contribution in [0.5, 0.6) is 0 Å². The molecule has 0 spiro atoms. The minimum absolute atomic E-state index is 0.808. The van der Waals surface area contributed by atoms with E-state index in [-0.39, 0.29) is 0 Å². The number of hydrogen-bond acceptors (Lipinski definition) is 3. The number of aryl methyl sites for hydroxylation is 1. The first-order valence-electron chi connectivity index (χ1n) is 6.35. The zero-order chi connectivity index (χ0) is 13.5. The lowest BCUT2D eigenvalue weighted by Crippen LogP contribution is -2.20. The fraction of sp³-hybridized carbons (Fsp3) is 0.267. The maximum Gasteiger partial charge on any atom is 0.124 e. The summed E-state index contributed by atoms with van der Waals surface area (Å²) in [6.07, 6.45) is 3.65. The first-order valence-corrected chi connectivity index (χ1v) is 7.17. The molecule has 0 bridgehead atoms. The van der Waals surface area contributed by atoms with Gasteiger partial charge in [0.1, 0.15) is 5.60 Å². The minimum atomic E-state index is -0.989. The molecule has 0 saturated carbocycles. The zero-order valence-electron chi connectivity index (χ0n) is 11.0. The van der Waals surface area contributed by atoms with Crippen LogP contribution in [-0.4, -0.2) is 14.9 Å². The van der Waals surface area contributed by atoms with Gasteiger partial charge in [-0.15, -0.1) is 11.3 Å². The number of fused-ring (bicyclic) bond motifs is 1. The Morgan fingerprint density at radius 2 is 2.16 bits per heavy atom. The second-order valence-corrected chi connectivity index (χ2v) is 5.89. The van der Waals surface area contributed by atoms with Gasteiger partial charge in [-0.1, -0.05) is 18.2 Å². The summed E-state index contributed by atoms with van der Waals surface area (Å²) in [6.45, 7) is 4.67. The van der Waals surface area contributed by atoms with E-state index in [1.54, 1.807) is 17.5 Å². The molecule has 3 rings (SSSR count). The van der Waals surface area contributed by atoms with Gasteiger partial charge in [0.2, 0.25) is 0 Å². The van der Waals surface area contributed by atoms with Crippen molar-refractivity contribution in [2.75, 3.05) is 0 Å². The molecule has 2 heterocycles. The first kappa shape index (κ1) is 12.4. The van der Waals surface area contributed by atoms with Crippen molar-refractivity contribution in [1.29, 1.82) is 0 Å². The van der Waals surface area contributed by atoms with Crippen LogP contribution in [0.4, 0.5) is 0 Å². The van der Waals surface area contributed by atoms with Gasteiger partial charge in [-0.2, -0.15) is 5.10 Å². The predicted molar refractivity (Wildman–Crippen MR) is 78.4 cm³/mol. The maximum atomic E-state index is 10.8. The van der Waals surface area contributed by atoms with Gasteiger partial charge >= 0.3 is 0 Å². The Balaban J connectivity index is 2.07. The van der Waals surface area contributed by atoms with Gasteiger partial charge < -0.3 is 5.11 Å². The van der Waals surface area contributed by atoms with Crippen LogP contribution in [0.15, 0.2) is 42.7 Å². The molecule has 1 N–H and O–H groups in total. The number of hydrogen-bond donors (Lipinski definition) is 1. The summed E-state index contributed by atoms with van der Waals surface area (Å²) in [5.74, 6) is 0. The third-order valence-corrected chi connectivity index (χ3v) is 4.75. The second-order valence-electron chi connectivity index (χ2n) is 4.81. The van der Waals surface area contributed by atoms with Crippen molar-refractivity contribution >= 4 is 21.4 Å². The highest BCUT2D eigenvalue weighted by molar-refractivity contribution is 7.19. The molecule has 3 aromatic rings. The molecular formula is C15H16N2OS. The molecule has 0 aliphatic heterocycles. The van der Waals surface area contributed by atoms with E-state index in [1.807, 2.05) is 36.9 Å². The fourth-order valence-electron chi connectivity index (χ4n) is 2.15. The molecule has 4 heteroatoms. The van der Waals surface area contributed by atoms with Crippen LogP contribution in [0.1, 0.15) is 24.3 Å². The molecule has 0 amide bonds. The smallest absolute Gasteiger partial charge is 0.124 e. The Labute approximate surface area is 116 Å². The zero-order valence-corrected chi connectivity index (χ0v) is 11.8. The predicted octanol–water partition coefficient (Wildman–Crippen LogP) is 3.37. The van der Waals surface area contributed by atoms with Crippen LogP contribution in [-0.2, 0) is 12.1 Å². The lowest BCUT2D eigenvalue weighted by atomic mass is 9.97. The highest BCUT2D eigenvalue weighted by atomic mass is 32.1. The van der Waals surface area contributed by atoms with Crippen molar-refractivity contribution in [2.24, 2.45) is 0 Å². The van der Waals surface area contributed by atoms with Crippen molar-refractivity contribution in [3.05, 3.63) is 53.2 Å². The first-order chi connectivity index (χ1) is 9.11. The number of thiophene rings is 1. The summed E-state index contributed by atoms with van der Waals surface area (Å²) >= 11 is 1.63. The van der Waals surface area contributed by atoms with Crippen LogP contribution in [0.2, 0.25) is 0 Å². The molecule has 1 atom stereocenters. The molecule has 2 aromatic heterocycles. The number of benzene rings is 1. The van der Waals surface area contributed by atoms with Gasteiger partial charge in [0.25, 0.3) is 0 Å². The van der Waals surface area contributed by atoms with Crippen molar-refractivity contribution in [2.45, 2.75) is 26.0 Å². The molecule has 0 saturated heterocycles. The normalized spacial score (nSPS) is 14.7. The van der Waals surface area contributed by atoms with Gasteiger partial charge in [-0.05, 0) is 31.4 Å². The van der Waals surface area contributed by atoms with Crippen molar-refractivity contribution < 1.29 is 5.11 Å². The van der Waals surface area contributed by atoms with Gasteiger partial charge in [0, 0.05) is 27.9 Å². The lowest BCUT2D eigenvalue weighted by Gasteiger charge is -2.19. The number of rotatable bonds is 3. The molecule has 1 aromatic carbocycles. The topological polar surface area (TPSA) is 38.0 Å². The molecule has 0 aliphatic carbocycles. The van der Waals surface area contributed by atoms with E-state index in [1.165, 1.54) is 10.1 Å². The van der Waals surface area contributed by atoms with Crippen molar-refractivity contribution in [3.8, 4) is 0 Å². The third kappa shape index (κ3) is 2.07. The maximum absolute atomic E-state index is 10.8. The summed E-state index contributed by atoms with van der Waals surface area (Å²) in [7, 11) is 0. The Hall–Kier alpha value is -1.65. The number of nitrogens with zero attached hydrogens (tertiary/aromatic N) is 2. The van der Waals surface area contributed by atoms with E-state index < -0.39 is 5.60 Å². The Kier molecular flexibility index (Phi) is 2.92. The Morgan fingerprint density at radius 3 is 2.84 bits per heavy atom. The van der Waals surface area contributed by atoms with Crippen LogP contribution in [0.3, 0.4) is 0 Å². The van der Waals surface area contributed by atoms with Gasteiger partial charge in [-0.25, -0.2) is 0 Å². The summed E-state index contributed by atoms with van der Waals surface area (Å²) < 4.78 is 3.03. The standard InChI is InChI=1S/C15H16N2OS/c1-3-17-10-12(9-16-17)15(2,18)14-8-11-6-4-5-7-13(11)19-14/h4-10,18H,3H2,1-2H3. The number of aromatic nitrogens is 2. The van der Waals surface area contributed by atoms with E-state index in [2.05, 4.69) is 23.3 Å². The lowest BCUT2D eigenvalue weighted by molar-refractivity contribution is 0.106. The summed E-state index contributed by atoms with van der Waals surface area (Å²) in [5.41, 5.74) is -0.155. The van der Waals surface area contributed by atoms with Crippen molar-refractivity contribution in [1.82, 2.24) is 9.78 Å². The third-order valence-electron chi connectivity index (χ3n) is 3.42. The van der Waals surface area contributed by atoms with Crippen molar-refractivity contribution in [3.63, 3.8) is 0 Å². The minimum Gasteiger partial charge on any atom is -0.380 e. The SMILES string of the molecule is CCn1cc(C(C)(O)c2cc3ccccc3s2)cn1. The molecule has 0 fully saturated rings. The van der Waals surface area contributed by atoms with E-state index >= 15 is 0 Å². The average molecular weight is 272 g/mol. The monoisotopic (exact) mass is 272 g/mol. The fourth-order valence-corrected chi connectivity index (χ4v) is 3.28. The van der Waals surface area contributed by atoms with Crippen LogP contribution < -0.4 is 0 Å². The van der Waals surface area contributed by atoms with E-state index in [4.69, 9.17) is 0 Å². The van der Waals surface area contributed by atoms with Gasteiger partial charge in [0.05, 0.1) is 6.20 Å². The molecule has 98 valence electrons. The second kappa shape index (κ2) is 4.47. The van der Waals surface area contributed by atoms with Crippen LogP contribution in [0, 0.1) is 0 Å². The summed E-state index contributed by atoms with van der Waals surface area (Å²) in [6, 6.07) is 10.2. The van der Waals surface area contributed by atoms with Gasteiger partial charge in [0.15, 0.2) is 0 Å². The highest BCUT2D eigenvalue weighted by Crippen LogP contribution is 2.37. The Bertz CT molecular complexity index is 679. The molecule has 0 aliphatic rings. The van der Waals surface area contributed by atoms with Crippen LogP contribution in [0.25, 0.3) is 10.1 Å². The average Bonchev–Trinajstić information content (AvgIpc) is 3.05. The molecular weight excluding hydrogens is 256 g/mol. The van der Waals surface area contributed by atoms with Gasteiger partial charge in [-0.3, -0.25) is 4.68 Å². The summed E-state index contributed by atoms with van der Waals surface area (Å²) in [4.78, 5) is 0.948. The van der Waals surface area contributed by atoms with E-state index in [0.717, 1.165) is 17.0 Å². The quantitative estimate of drug-likeness (QED) is 0.794. The highest BCUT2D eigenvalue weighted by Gasteiger charge is 2.29. The summed E-state index contributed by atoms with van der Waals surface area (Å²) in [5, 5.41) is 16.2. The Morgan fingerprint density at radius 1 is 1.37 bits per heavy atom. The van der Waals surface area contributed by atoms with Crippen LogP contribution >= 0.6 is 11.3 Å². The number of aliphatic hydroxyl groups is 1. The molecule has 19 heavy (non-hydrogen) atoms.